The topological polar surface area (TPSA) is 95.3 Å². The van der Waals surface area contributed by atoms with E-state index in [1.807, 2.05) is 18.2 Å². The largest absolute Gasteiger partial charge is 0.493 e. The van der Waals surface area contributed by atoms with Crippen molar-refractivity contribution in [3.63, 3.8) is 0 Å². The molecule has 29 heavy (non-hydrogen) atoms. The van der Waals surface area contributed by atoms with Crippen molar-refractivity contribution in [2.75, 3.05) is 60.7 Å². The molecule has 0 aliphatic carbocycles. The molecule has 10 heteroatoms. The number of morpholine rings is 1. The molecule has 2 unspecified atom stereocenters. The third kappa shape index (κ3) is 8.16. The van der Waals surface area contributed by atoms with E-state index in [0.29, 0.717) is 37.8 Å². The molecular weight excluding hydrogens is 421 g/mol. The van der Waals surface area contributed by atoms with Crippen LogP contribution in [-0.4, -0.2) is 77.6 Å². The highest BCUT2D eigenvalue weighted by molar-refractivity contribution is 5.85. The van der Waals surface area contributed by atoms with Crippen LogP contribution in [0.2, 0.25) is 0 Å². The van der Waals surface area contributed by atoms with Gasteiger partial charge in [0.1, 0.15) is 0 Å². The van der Waals surface area contributed by atoms with Crippen LogP contribution in [0.25, 0.3) is 0 Å². The fourth-order valence-corrected chi connectivity index (χ4v) is 3.16. The van der Waals surface area contributed by atoms with Crippen LogP contribution in [0.15, 0.2) is 18.2 Å². The van der Waals surface area contributed by atoms with Gasteiger partial charge in [-0.2, -0.15) is 0 Å². The summed E-state index contributed by atoms with van der Waals surface area (Å²) < 4.78 is 21.4. The summed E-state index contributed by atoms with van der Waals surface area (Å²) in [5, 5.41) is 3.01. The van der Waals surface area contributed by atoms with Crippen LogP contribution in [0.1, 0.15) is 18.0 Å². The van der Waals surface area contributed by atoms with Gasteiger partial charge in [-0.05, 0) is 17.7 Å². The Hall–Kier alpha value is -1.29. The molecule has 1 fully saturated rings. The lowest BCUT2D eigenvalue weighted by atomic mass is 10.0. The highest BCUT2D eigenvalue weighted by Gasteiger charge is 2.24. The lowest BCUT2D eigenvalue weighted by molar-refractivity contribution is -0.123. The van der Waals surface area contributed by atoms with Gasteiger partial charge in [-0.25, -0.2) is 0 Å². The molecule has 1 aromatic rings. The van der Waals surface area contributed by atoms with Gasteiger partial charge in [0.15, 0.2) is 11.5 Å². The number of rotatable bonds is 10. The molecule has 1 aliphatic heterocycles. The summed E-state index contributed by atoms with van der Waals surface area (Å²) in [5.41, 5.74) is 6.65. The third-order valence-electron chi connectivity index (χ3n) is 4.78. The second kappa shape index (κ2) is 14.7. The van der Waals surface area contributed by atoms with Crippen LogP contribution in [0.5, 0.6) is 11.5 Å². The Balaban J connectivity index is 0.00000392. The van der Waals surface area contributed by atoms with E-state index in [2.05, 4.69) is 10.2 Å². The first-order valence-electron chi connectivity index (χ1n) is 9.16. The van der Waals surface area contributed by atoms with Gasteiger partial charge in [0.05, 0.1) is 46.0 Å². The summed E-state index contributed by atoms with van der Waals surface area (Å²) in [4.78, 5) is 14.6. The van der Waals surface area contributed by atoms with Crippen LogP contribution in [0.3, 0.4) is 0 Å². The second-order valence-electron chi connectivity index (χ2n) is 6.38. The number of amides is 1. The summed E-state index contributed by atoms with van der Waals surface area (Å²) in [6.07, 6.45) is -0.0256. The number of benzene rings is 1. The molecule has 1 saturated heterocycles. The predicted octanol–water partition coefficient (Wildman–Crippen LogP) is 1.40. The molecule has 0 radical (unpaired) electrons. The predicted molar refractivity (Wildman–Crippen MR) is 117 cm³/mol. The third-order valence-corrected chi connectivity index (χ3v) is 4.78. The monoisotopic (exact) mass is 453 g/mol. The molecule has 1 heterocycles. The van der Waals surface area contributed by atoms with Crippen molar-refractivity contribution in [1.29, 1.82) is 0 Å². The lowest BCUT2D eigenvalue weighted by Crippen LogP contribution is -2.44. The highest BCUT2D eigenvalue weighted by atomic mass is 35.5. The smallest absolute Gasteiger partial charge is 0.222 e. The minimum atomic E-state index is -0.270. The number of carbonyl (C=O) groups is 1. The van der Waals surface area contributed by atoms with Gasteiger partial charge >= 0.3 is 0 Å². The molecule has 1 amide bonds. The maximum Gasteiger partial charge on any atom is 0.222 e. The standard InChI is InChI=1S/C19H31N3O5.2ClH/c1-24-15(12-20)11-19(23)21-13-16(22-6-8-27-9-7-22)14-4-5-17(25-2)18(10-14)26-3;;/h4-5,10,15-16H,6-9,11-13,20H2,1-3H3,(H,21,23);2*1H. The zero-order valence-electron chi connectivity index (χ0n) is 17.2. The second-order valence-corrected chi connectivity index (χ2v) is 6.38. The van der Waals surface area contributed by atoms with Crippen molar-refractivity contribution in [3.8, 4) is 11.5 Å². The van der Waals surface area contributed by atoms with E-state index in [-0.39, 0.29) is 49.3 Å². The normalized spacial score (nSPS) is 16.0. The van der Waals surface area contributed by atoms with Crippen molar-refractivity contribution < 1.29 is 23.7 Å². The Kier molecular flexibility index (Phi) is 14.0. The first-order chi connectivity index (χ1) is 13.1. The molecule has 0 saturated carbocycles. The van der Waals surface area contributed by atoms with E-state index in [1.165, 1.54) is 0 Å². The number of halogens is 2. The Morgan fingerprint density at radius 2 is 1.83 bits per heavy atom. The lowest BCUT2D eigenvalue weighted by Gasteiger charge is -2.35. The Morgan fingerprint density at radius 1 is 1.17 bits per heavy atom. The van der Waals surface area contributed by atoms with Gasteiger partial charge in [0, 0.05) is 33.3 Å². The summed E-state index contributed by atoms with van der Waals surface area (Å²) in [6.45, 7) is 3.76. The van der Waals surface area contributed by atoms with Gasteiger partial charge in [-0.3, -0.25) is 9.69 Å². The van der Waals surface area contributed by atoms with Crippen molar-refractivity contribution in [3.05, 3.63) is 23.8 Å². The van der Waals surface area contributed by atoms with Crippen molar-refractivity contribution in [2.24, 2.45) is 5.73 Å². The maximum atomic E-state index is 12.3. The van der Waals surface area contributed by atoms with E-state index < -0.39 is 0 Å². The van der Waals surface area contributed by atoms with Gasteiger partial charge in [0.2, 0.25) is 5.91 Å². The maximum absolute atomic E-state index is 12.3. The van der Waals surface area contributed by atoms with Gasteiger partial charge in [-0.15, -0.1) is 24.8 Å². The zero-order valence-corrected chi connectivity index (χ0v) is 18.9. The van der Waals surface area contributed by atoms with Crippen molar-refractivity contribution in [2.45, 2.75) is 18.6 Å². The van der Waals surface area contributed by atoms with E-state index in [9.17, 15) is 4.79 Å². The summed E-state index contributed by atoms with van der Waals surface area (Å²) in [5.74, 6) is 1.27. The molecule has 8 nitrogen and oxygen atoms in total. The molecule has 3 N–H and O–H groups in total. The number of ether oxygens (including phenoxy) is 4. The van der Waals surface area contributed by atoms with E-state index in [4.69, 9.17) is 24.7 Å². The number of nitrogens with two attached hydrogens (primary N) is 1. The quantitative estimate of drug-likeness (QED) is 0.552. The number of hydrogen-bond donors (Lipinski definition) is 2. The number of carbonyl (C=O) groups excluding carboxylic acids is 1. The molecule has 168 valence electrons. The Bertz CT molecular complexity index is 599. The van der Waals surface area contributed by atoms with Crippen LogP contribution < -0.4 is 20.5 Å². The van der Waals surface area contributed by atoms with Crippen LogP contribution >= 0.6 is 24.8 Å². The summed E-state index contributed by atoms with van der Waals surface area (Å²) in [6, 6.07) is 5.87. The van der Waals surface area contributed by atoms with E-state index >= 15 is 0 Å². The first-order valence-corrected chi connectivity index (χ1v) is 9.16. The summed E-state index contributed by atoms with van der Waals surface area (Å²) >= 11 is 0. The molecule has 1 aliphatic rings. The first kappa shape index (κ1) is 27.7. The molecular formula is C19H33Cl2N3O5. The molecule has 1 aromatic carbocycles. The van der Waals surface area contributed by atoms with Gasteiger partial charge in [-0.1, -0.05) is 6.07 Å². The van der Waals surface area contributed by atoms with E-state index in [0.717, 1.165) is 18.7 Å². The Morgan fingerprint density at radius 3 is 2.38 bits per heavy atom. The van der Waals surface area contributed by atoms with Crippen molar-refractivity contribution >= 4 is 30.7 Å². The molecule has 2 atom stereocenters. The Labute approximate surface area is 185 Å². The number of hydrogen-bond acceptors (Lipinski definition) is 7. The summed E-state index contributed by atoms with van der Waals surface area (Å²) in [7, 11) is 4.79. The highest BCUT2D eigenvalue weighted by Crippen LogP contribution is 2.32. The minimum Gasteiger partial charge on any atom is -0.493 e. The average molecular weight is 454 g/mol. The molecule has 0 aromatic heterocycles. The number of nitrogens with one attached hydrogen (secondary N) is 1. The molecule has 0 spiro atoms. The minimum absolute atomic E-state index is 0. The van der Waals surface area contributed by atoms with Crippen LogP contribution in [-0.2, 0) is 14.3 Å². The average Bonchev–Trinajstić information content (AvgIpc) is 2.72. The van der Waals surface area contributed by atoms with Crippen LogP contribution in [0.4, 0.5) is 0 Å². The van der Waals surface area contributed by atoms with Gasteiger partial charge < -0.3 is 30.0 Å². The van der Waals surface area contributed by atoms with Crippen LogP contribution in [0, 0.1) is 0 Å². The number of nitrogens with zero attached hydrogens (tertiary/aromatic N) is 1. The van der Waals surface area contributed by atoms with E-state index in [1.54, 1.807) is 21.3 Å². The number of methoxy groups -OCH3 is 3. The fraction of sp³-hybridized carbons (Fsp3) is 0.632. The zero-order chi connectivity index (χ0) is 19.6. The van der Waals surface area contributed by atoms with Crippen molar-refractivity contribution in [1.82, 2.24) is 10.2 Å². The fourth-order valence-electron chi connectivity index (χ4n) is 3.16. The van der Waals surface area contributed by atoms with Gasteiger partial charge in [0.25, 0.3) is 0 Å². The molecule has 0 bridgehead atoms. The SMILES string of the molecule is COc1ccc(C(CNC(=O)CC(CN)OC)N2CCOCC2)cc1OC.Cl.Cl. The molecule has 2 rings (SSSR count).